The van der Waals surface area contributed by atoms with Gasteiger partial charge in [-0.25, -0.2) is 4.98 Å². The van der Waals surface area contributed by atoms with Gasteiger partial charge in [0.25, 0.3) is 0 Å². The molecule has 1 aromatic heterocycles. The second kappa shape index (κ2) is 8.00. The Hall–Kier alpha value is -1.59. The smallest absolute Gasteiger partial charge is 0.122 e. The van der Waals surface area contributed by atoms with Crippen LogP contribution in [0, 0.1) is 0 Å². The summed E-state index contributed by atoms with van der Waals surface area (Å²) in [5.74, 6) is 1.73. The highest BCUT2D eigenvalue weighted by Gasteiger charge is 2.06. The predicted octanol–water partition coefficient (Wildman–Crippen LogP) is 3.28. The highest BCUT2D eigenvalue weighted by atomic mass is 32.2. The van der Waals surface area contributed by atoms with Gasteiger partial charge >= 0.3 is 0 Å². The highest BCUT2D eigenvalue weighted by Crippen LogP contribution is 2.27. The fourth-order valence-electron chi connectivity index (χ4n) is 1.89. The van der Waals surface area contributed by atoms with Crippen LogP contribution in [0.3, 0.4) is 0 Å². The molecule has 2 aromatic rings. The van der Waals surface area contributed by atoms with Gasteiger partial charge in [0.05, 0.1) is 13.3 Å². The summed E-state index contributed by atoms with van der Waals surface area (Å²) >= 11 is 1.66. The van der Waals surface area contributed by atoms with Gasteiger partial charge in [0.2, 0.25) is 0 Å². The third-order valence-corrected chi connectivity index (χ3v) is 3.94. The lowest BCUT2D eigenvalue weighted by Crippen LogP contribution is -2.21. The Labute approximate surface area is 130 Å². The van der Waals surface area contributed by atoms with E-state index in [0.717, 1.165) is 23.1 Å². The van der Waals surface area contributed by atoms with Crippen molar-refractivity contribution < 1.29 is 4.74 Å². The highest BCUT2D eigenvalue weighted by molar-refractivity contribution is 7.98. The van der Waals surface area contributed by atoms with Gasteiger partial charge in [-0.2, -0.15) is 0 Å². The van der Waals surface area contributed by atoms with E-state index in [2.05, 4.69) is 41.3 Å². The molecule has 1 aromatic carbocycles. The molecule has 0 fully saturated rings. The van der Waals surface area contributed by atoms with Crippen LogP contribution < -0.4 is 10.1 Å². The molecule has 4 nitrogen and oxygen atoms in total. The average Bonchev–Trinajstić information content (AvgIpc) is 2.52. The predicted molar refractivity (Wildman–Crippen MR) is 86.6 cm³/mol. The van der Waals surface area contributed by atoms with Gasteiger partial charge in [-0.1, -0.05) is 31.7 Å². The monoisotopic (exact) mass is 303 g/mol. The second-order valence-electron chi connectivity index (χ2n) is 5.01. The van der Waals surface area contributed by atoms with Crippen molar-refractivity contribution in [2.75, 3.05) is 7.11 Å². The van der Waals surface area contributed by atoms with E-state index in [-0.39, 0.29) is 0 Å². The Morgan fingerprint density at radius 2 is 2.14 bits per heavy atom. The third kappa shape index (κ3) is 5.02. The van der Waals surface area contributed by atoms with Crippen molar-refractivity contribution in [2.45, 2.75) is 37.2 Å². The first kappa shape index (κ1) is 15.8. The number of nitrogens with zero attached hydrogens (tertiary/aromatic N) is 2. The number of ether oxygens (including phenoxy) is 1. The quantitative estimate of drug-likeness (QED) is 0.795. The standard InChI is InChI=1S/C16H21N3OS/c1-12(2)19-9-13-4-5-15(20-3)14(8-13)11-21-16-10-17-6-7-18-16/h4-8,10,12,19H,9,11H2,1-3H3. The van der Waals surface area contributed by atoms with E-state index < -0.39 is 0 Å². The summed E-state index contributed by atoms with van der Waals surface area (Å²) in [6.07, 6.45) is 5.17. The molecule has 0 aliphatic rings. The van der Waals surface area contributed by atoms with Gasteiger partial charge in [-0.15, -0.1) is 0 Å². The molecular weight excluding hydrogens is 282 g/mol. The zero-order valence-electron chi connectivity index (χ0n) is 12.7. The van der Waals surface area contributed by atoms with Crippen molar-refractivity contribution in [3.8, 4) is 5.75 Å². The molecule has 21 heavy (non-hydrogen) atoms. The lowest BCUT2D eigenvalue weighted by atomic mass is 10.1. The zero-order valence-corrected chi connectivity index (χ0v) is 13.5. The number of methoxy groups -OCH3 is 1. The van der Waals surface area contributed by atoms with Crippen LogP contribution in [-0.4, -0.2) is 23.1 Å². The zero-order chi connectivity index (χ0) is 15.1. The number of nitrogens with one attached hydrogen (secondary N) is 1. The second-order valence-corrected chi connectivity index (χ2v) is 6.01. The summed E-state index contributed by atoms with van der Waals surface area (Å²) in [5.41, 5.74) is 2.44. The largest absolute Gasteiger partial charge is 0.496 e. The first-order valence-corrected chi connectivity index (χ1v) is 7.95. The minimum absolute atomic E-state index is 0.476. The van der Waals surface area contributed by atoms with Crippen LogP contribution in [0.25, 0.3) is 0 Å². The normalized spacial score (nSPS) is 10.9. The van der Waals surface area contributed by atoms with E-state index in [9.17, 15) is 0 Å². The van der Waals surface area contributed by atoms with Crippen molar-refractivity contribution >= 4 is 11.8 Å². The maximum absolute atomic E-state index is 5.44. The molecule has 0 amide bonds. The van der Waals surface area contributed by atoms with Gasteiger partial charge < -0.3 is 10.1 Å². The number of benzene rings is 1. The van der Waals surface area contributed by atoms with E-state index in [0.29, 0.717) is 6.04 Å². The fraction of sp³-hybridized carbons (Fsp3) is 0.375. The van der Waals surface area contributed by atoms with E-state index in [1.54, 1.807) is 37.5 Å². The molecule has 0 aliphatic heterocycles. The van der Waals surface area contributed by atoms with Crippen LogP contribution in [0.2, 0.25) is 0 Å². The first-order chi connectivity index (χ1) is 10.2. The number of hydrogen-bond donors (Lipinski definition) is 1. The molecule has 1 heterocycles. The molecule has 0 unspecified atom stereocenters. The molecule has 2 rings (SSSR count). The third-order valence-electron chi connectivity index (χ3n) is 2.97. The minimum atomic E-state index is 0.476. The first-order valence-electron chi connectivity index (χ1n) is 6.97. The van der Waals surface area contributed by atoms with Crippen molar-refractivity contribution in [3.63, 3.8) is 0 Å². The molecule has 0 saturated heterocycles. The summed E-state index contributed by atoms with van der Waals surface area (Å²) < 4.78 is 5.44. The van der Waals surface area contributed by atoms with Crippen molar-refractivity contribution in [3.05, 3.63) is 47.9 Å². The lowest BCUT2D eigenvalue weighted by Gasteiger charge is -2.12. The molecule has 0 aliphatic carbocycles. The number of rotatable bonds is 7. The van der Waals surface area contributed by atoms with E-state index in [1.165, 1.54) is 11.1 Å². The van der Waals surface area contributed by atoms with Crippen LogP contribution in [0.4, 0.5) is 0 Å². The maximum atomic E-state index is 5.44. The van der Waals surface area contributed by atoms with Crippen molar-refractivity contribution in [2.24, 2.45) is 0 Å². The molecule has 0 spiro atoms. The summed E-state index contributed by atoms with van der Waals surface area (Å²) in [7, 11) is 1.71. The Morgan fingerprint density at radius 1 is 1.29 bits per heavy atom. The Balaban J connectivity index is 2.06. The topological polar surface area (TPSA) is 47.0 Å². The van der Waals surface area contributed by atoms with Crippen molar-refractivity contribution in [1.29, 1.82) is 0 Å². The molecule has 0 radical (unpaired) electrons. The maximum Gasteiger partial charge on any atom is 0.122 e. The fourth-order valence-corrected chi connectivity index (χ4v) is 2.69. The summed E-state index contributed by atoms with van der Waals surface area (Å²) in [5, 5.41) is 4.35. The van der Waals surface area contributed by atoms with E-state index in [4.69, 9.17) is 4.74 Å². The summed E-state index contributed by atoms with van der Waals surface area (Å²) in [4.78, 5) is 8.36. The number of hydrogen-bond acceptors (Lipinski definition) is 5. The van der Waals surface area contributed by atoms with E-state index >= 15 is 0 Å². The van der Waals surface area contributed by atoms with Gasteiger partial charge in [0, 0.05) is 36.3 Å². The molecule has 112 valence electrons. The number of aromatic nitrogens is 2. The number of thioether (sulfide) groups is 1. The van der Waals surface area contributed by atoms with Gasteiger partial charge in [0.15, 0.2) is 0 Å². The summed E-state index contributed by atoms with van der Waals surface area (Å²) in [6, 6.07) is 6.80. The Kier molecular flexibility index (Phi) is 6.02. The van der Waals surface area contributed by atoms with Gasteiger partial charge in [-0.3, -0.25) is 4.98 Å². The molecule has 0 bridgehead atoms. The van der Waals surface area contributed by atoms with Crippen molar-refractivity contribution in [1.82, 2.24) is 15.3 Å². The average molecular weight is 303 g/mol. The SMILES string of the molecule is COc1ccc(CNC(C)C)cc1CSc1cnccn1. The molecule has 0 atom stereocenters. The molecule has 5 heteroatoms. The van der Waals surface area contributed by atoms with Gasteiger partial charge in [-0.05, 0) is 17.7 Å². The summed E-state index contributed by atoms with van der Waals surface area (Å²) in [6.45, 7) is 5.16. The molecule has 1 N–H and O–H groups in total. The van der Waals surface area contributed by atoms with Crippen LogP contribution in [0.15, 0.2) is 41.8 Å². The van der Waals surface area contributed by atoms with Crippen LogP contribution in [0.1, 0.15) is 25.0 Å². The van der Waals surface area contributed by atoms with E-state index in [1.807, 2.05) is 6.07 Å². The lowest BCUT2D eigenvalue weighted by molar-refractivity contribution is 0.411. The van der Waals surface area contributed by atoms with Gasteiger partial charge in [0.1, 0.15) is 10.8 Å². The Bertz CT molecular complexity index is 561. The molecule has 0 saturated carbocycles. The minimum Gasteiger partial charge on any atom is -0.496 e. The Morgan fingerprint density at radius 3 is 2.81 bits per heavy atom. The van der Waals surface area contributed by atoms with Crippen LogP contribution in [-0.2, 0) is 12.3 Å². The molecular formula is C16H21N3OS. The van der Waals surface area contributed by atoms with Crippen LogP contribution >= 0.6 is 11.8 Å². The van der Waals surface area contributed by atoms with Crippen LogP contribution in [0.5, 0.6) is 5.75 Å².